The number of carbonyl (C=O) groups is 1. The van der Waals surface area contributed by atoms with Gasteiger partial charge < -0.3 is 4.79 Å². The molecule has 0 saturated heterocycles. The van der Waals surface area contributed by atoms with Crippen molar-refractivity contribution in [2.24, 2.45) is 0 Å². The van der Waals surface area contributed by atoms with Gasteiger partial charge in [-0.05, 0) is 13.3 Å². The maximum absolute atomic E-state index is 10.2. The van der Waals surface area contributed by atoms with E-state index in [1.165, 1.54) is 0 Å². The van der Waals surface area contributed by atoms with Crippen LogP contribution >= 0.6 is 11.9 Å². The summed E-state index contributed by atoms with van der Waals surface area (Å²) >= 11 is 4.87. The molecule has 8 heavy (non-hydrogen) atoms. The molecule has 0 bridgehead atoms. The SMILES string of the molecule is CC(=O)CCCOCl. The highest BCUT2D eigenvalue weighted by Crippen LogP contribution is 1.91. The first-order chi connectivity index (χ1) is 3.77. The van der Waals surface area contributed by atoms with Gasteiger partial charge in [0.05, 0.1) is 18.5 Å². The number of hydrogen-bond acceptors (Lipinski definition) is 2. The van der Waals surface area contributed by atoms with Gasteiger partial charge >= 0.3 is 0 Å². The Morgan fingerprint density at radius 2 is 2.38 bits per heavy atom. The van der Waals surface area contributed by atoms with E-state index in [2.05, 4.69) is 4.29 Å². The van der Waals surface area contributed by atoms with Crippen LogP contribution in [0.5, 0.6) is 0 Å². The van der Waals surface area contributed by atoms with Crippen molar-refractivity contribution in [1.82, 2.24) is 0 Å². The Balaban J connectivity index is 2.82. The molecule has 48 valence electrons. The summed E-state index contributed by atoms with van der Waals surface area (Å²) in [4.78, 5) is 10.2. The van der Waals surface area contributed by atoms with Crippen LogP contribution in [0.2, 0.25) is 0 Å². The van der Waals surface area contributed by atoms with Crippen LogP contribution in [0.4, 0.5) is 0 Å². The molecule has 0 N–H and O–H groups in total. The Kier molecular flexibility index (Phi) is 5.01. The fourth-order valence-corrected chi connectivity index (χ4v) is 0.485. The highest BCUT2D eigenvalue weighted by molar-refractivity contribution is 6.07. The molecule has 0 aromatic carbocycles. The molecule has 0 aliphatic rings. The molecule has 0 rings (SSSR count). The summed E-state index contributed by atoms with van der Waals surface area (Å²) in [5.74, 6) is 0.179. The number of hydrogen-bond donors (Lipinski definition) is 0. The Morgan fingerprint density at radius 3 is 2.75 bits per heavy atom. The van der Waals surface area contributed by atoms with Gasteiger partial charge in [0.15, 0.2) is 0 Å². The van der Waals surface area contributed by atoms with Gasteiger partial charge in [0, 0.05) is 6.42 Å². The molecule has 2 nitrogen and oxygen atoms in total. The van der Waals surface area contributed by atoms with E-state index in [1.807, 2.05) is 0 Å². The Bertz CT molecular complexity index is 72.8. The molecular weight excluding hydrogens is 128 g/mol. The molecular formula is C5H9ClO2. The van der Waals surface area contributed by atoms with Gasteiger partial charge in [0.2, 0.25) is 0 Å². The highest BCUT2D eigenvalue weighted by atomic mass is 35.5. The van der Waals surface area contributed by atoms with E-state index in [-0.39, 0.29) is 5.78 Å². The second-order valence-corrected chi connectivity index (χ2v) is 1.84. The lowest BCUT2D eigenvalue weighted by molar-refractivity contribution is -0.117. The van der Waals surface area contributed by atoms with Gasteiger partial charge in [-0.15, -0.1) is 0 Å². The van der Waals surface area contributed by atoms with Crippen molar-refractivity contribution in [3.8, 4) is 0 Å². The predicted molar refractivity (Wildman–Crippen MR) is 31.7 cm³/mol. The number of carbonyl (C=O) groups excluding carboxylic acids is 1. The molecule has 0 heterocycles. The first-order valence-corrected chi connectivity index (χ1v) is 2.81. The van der Waals surface area contributed by atoms with Crippen molar-refractivity contribution < 1.29 is 9.08 Å². The summed E-state index contributed by atoms with van der Waals surface area (Å²) in [7, 11) is 0. The third-order valence-electron chi connectivity index (χ3n) is 0.750. The van der Waals surface area contributed by atoms with Crippen molar-refractivity contribution in [2.45, 2.75) is 19.8 Å². The second-order valence-electron chi connectivity index (χ2n) is 1.62. The summed E-state index contributed by atoms with van der Waals surface area (Å²) in [5.41, 5.74) is 0. The number of Topliss-reactive ketones (excluding diaryl/α,β-unsaturated/α-hetero) is 1. The van der Waals surface area contributed by atoms with Crippen molar-refractivity contribution in [3.63, 3.8) is 0 Å². The topological polar surface area (TPSA) is 26.3 Å². The van der Waals surface area contributed by atoms with E-state index in [1.54, 1.807) is 6.92 Å². The van der Waals surface area contributed by atoms with Crippen LogP contribution in [0.25, 0.3) is 0 Å². The molecule has 3 heteroatoms. The fraction of sp³-hybridized carbons (Fsp3) is 0.800. The van der Waals surface area contributed by atoms with Crippen molar-refractivity contribution in [1.29, 1.82) is 0 Å². The molecule has 0 unspecified atom stereocenters. The lowest BCUT2D eigenvalue weighted by Gasteiger charge is -1.90. The molecule has 0 aliphatic carbocycles. The van der Waals surface area contributed by atoms with Crippen LogP contribution in [0.15, 0.2) is 0 Å². The molecule has 0 fully saturated rings. The normalized spacial score (nSPS) is 9.25. The largest absolute Gasteiger partial charge is 0.300 e. The van der Waals surface area contributed by atoms with E-state index in [0.29, 0.717) is 13.0 Å². The van der Waals surface area contributed by atoms with Crippen molar-refractivity contribution >= 4 is 17.6 Å². The van der Waals surface area contributed by atoms with Crippen LogP contribution in [0.3, 0.4) is 0 Å². The standard InChI is InChI=1S/C5H9ClO2/c1-5(7)3-2-4-8-6/h2-4H2,1H3. The van der Waals surface area contributed by atoms with Gasteiger partial charge in [-0.2, -0.15) is 0 Å². The van der Waals surface area contributed by atoms with Crippen LogP contribution in [-0.2, 0) is 9.08 Å². The minimum absolute atomic E-state index is 0.179. The zero-order chi connectivity index (χ0) is 6.41. The first kappa shape index (κ1) is 7.92. The quantitative estimate of drug-likeness (QED) is 0.548. The Morgan fingerprint density at radius 1 is 1.75 bits per heavy atom. The van der Waals surface area contributed by atoms with Crippen molar-refractivity contribution in [3.05, 3.63) is 0 Å². The molecule has 0 aliphatic heterocycles. The molecule has 0 spiro atoms. The summed E-state index contributed by atoms with van der Waals surface area (Å²) in [6.45, 7) is 2.01. The molecule has 0 saturated carbocycles. The van der Waals surface area contributed by atoms with Gasteiger partial charge in [-0.25, -0.2) is 0 Å². The highest BCUT2D eigenvalue weighted by Gasteiger charge is 1.90. The molecule has 0 aromatic heterocycles. The van der Waals surface area contributed by atoms with E-state index >= 15 is 0 Å². The Hall–Kier alpha value is -0.0800. The van der Waals surface area contributed by atoms with Gasteiger partial charge in [0.25, 0.3) is 0 Å². The second kappa shape index (κ2) is 5.06. The maximum Gasteiger partial charge on any atom is 0.129 e. The van der Waals surface area contributed by atoms with E-state index in [0.717, 1.165) is 6.42 Å². The lowest BCUT2D eigenvalue weighted by Crippen LogP contribution is -1.92. The van der Waals surface area contributed by atoms with Crippen LogP contribution < -0.4 is 0 Å². The average molecular weight is 137 g/mol. The zero-order valence-corrected chi connectivity index (χ0v) is 5.57. The zero-order valence-electron chi connectivity index (χ0n) is 4.82. The minimum Gasteiger partial charge on any atom is -0.300 e. The monoisotopic (exact) mass is 136 g/mol. The van der Waals surface area contributed by atoms with E-state index in [4.69, 9.17) is 11.9 Å². The third kappa shape index (κ3) is 5.92. The molecule has 0 radical (unpaired) electrons. The van der Waals surface area contributed by atoms with Crippen molar-refractivity contribution in [2.75, 3.05) is 6.61 Å². The van der Waals surface area contributed by atoms with Crippen LogP contribution in [0.1, 0.15) is 19.8 Å². The number of halogens is 1. The van der Waals surface area contributed by atoms with Gasteiger partial charge in [-0.3, -0.25) is 4.29 Å². The van der Waals surface area contributed by atoms with Crippen LogP contribution in [0, 0.1) is 0 Å². The first-order valence-electron chi connectivity index (χ1n) is 2.50. The summed E-state index contributed by atoms with van der Waals surface area (Å²) in [5, 5.41) is 0. The predicted octanol–water partition coefficient (Wildman–Crippen LogP) is 1.53. The summed E-state index contributed by atoms with van der Waals surface area (Å²) in [6.07, 6.45) is 1.28. The van der Waals surface area contributed by atoms with E-state index in [9.17, 15) is 4.79 Å². The van der Waals surface area contributed by atoms with E-state index < -0.39 is 0 Å². The van der Waals surface area contributed by atoms with Crippen LogP contribution in [-0.4, -0.2) is 12.4 Å². The number of rotatable bonds is 4. The number of ketones is 1. The smallest absolute Gasteiger partial charge is 0.129 e. The van der Waals surface area contributed by atoms with Gasteiger partial charge in [-0.1, -0.05) is 0 Å². The molecule has 0 aromatic rings. The minimum atomic E-state index is 0.179. The summed E-state index contributed by atoms with van der Waals surface area (Å²) < 4.78 is 4.21. The third-order valence-corrected chi connectivity index (χ3v) is 0.905. The maximum atomic E-state index is 10.2. The summed E-state index contributed by atoms with van der Waals surface area (Å²) in [6, 6.07) is 0. The lowest BCUT2D eigenvalue weighted by atomic mass is 10.2. The molecule has 0 atom stereocenters. The Labute approximate surface area is 53.9 Å². The van der Waals surface area contributed by atoms with Gasteiger partial charge in [0.1, 0.15) is 5.78 Å². The molecule has 0 amide bonds. The average Bonchev–Trinajstić information content (AvgIpc) is 1.66. The fourth-order valence-electron chi connectivity index (χ4n) is 0.376.